The van der Waals surface area contributed by atoms with Crippen LogP contribution < -0.4 is 10.6 Å². The normalized spacial score (nSPS) is 12.6. The Balaban J connectivity index is 1.80. The van der Waals surface area contributed by atoms with E-state index in [9.17, 15) is 21.6 Å². The van der Waals surface area contributed by atoms with Gasteiger partial charge in [0.05, 0.1) is 11.5 Å². The quantitative estimate of drug-likeness (QED) is 0.484. The lowest BCUT2D eigenvalue weighted by Crippen LogP contribution is -2.36. The predicted octanol–water partition coefficient (Wildman–Crippen LogP) is 3.03. The van der Waals surface area contributed by atoms with E-state index < -0.39 is 22.6 Å². The first-order valence-electron chi connectivity index (χ1n) is 9.02. The summed E-state index contributed by atoms with van der Waals surface area (Å²) in [6.45, 7) is -0.445. The highest BCUT2D eigenvalue weighted by Gasteiger charge is 2.27. The predicted molar refractivity (Wildman–Crippen MR) is 109 cm³/mol. The summed E-state index contributed by atoms with van der Waals surface area (Å²) in [5.74, 6) is 0.555. The van der Waals surface area contributed by atoms with E-state index >= 15 is 0 Å². The molecule has 0 saturated heterocycles. The van der Waals surface area contributed by atoms with Crippen LogP contribution in [0.3, 0.4) is 0 Å². The van der Waals surface area contributed by atoms with Crippen LogP contribution >= 0.6 is 0 Å². The van der Waals surface area contributed by atoms with Crippen molar-refractivity contribution < 1.29 is 26.3 Å². The third-order valence-corrected chi connectivity index (χ3v) is 5.18. The first kappa shape index (κ1) is 23.7. The zero-order valence-electron chi connectivity index (χ0n) is 16.7. The summed E-state index contributed by atoms with van der Waals surface area (Å²) in [5, 5.41) is 6.27. The van der Waals surface area contributed by atoms with Crippen LogP contribution in [-0.4, -0.2) is 40.5 Å². The Kier molecular flexibility index (Phi) is 8.24. The average molecular weight is 443 g/mol. The molecule has 0 amide bonds. The zero-order chi connectivity index (χ0) is 22.2. The molecule has 2 aromatic rings. The number of rotatable bonds is 8. The van der Waals surface area contributed by atoms with Gasteiger partial charge in [-0.25, -0.2) is 8.42 Å². The summed E-state index contributed by atoms with van der Waals surface area (Å²) in [6, 6.07) is 13.6. The first-order valence-corrected chi connectivity index (χ1v) is 10.9. The number of halogens is 3. The van der Waals surface area contributed by atoms with Crippen LogP contribution in [0, 0.1) is 0 Å². The van der Waals surface area contributed by atoms with Crippen LogP contribution in [0.25, 0.3) is 0 Å². The molecule has 2 aromatic carbocycles. The zero-order valence-corrected chi connectivity index (χ0v) is 17.5. The standard InChI is InChI=1S/C20H24F3N3O3S/c1-24-19(26-12-16-7-9-18(10-8-16)30(2,27)28)25-11-15-3-5-17(6-4-15)13-29-14-20(21,22)23/h3-10H,11-14H2,1-2H3,(H2,24,25,26). The molecule has 0 radical (unpaired) electrons. The van der Waals surface area contributed by atoms with E-state index in [0.29, 0.717) is 24.6 Å². The fourth-order valence-corrected chi connectivity index (χ4v) is 3.12. The molecule has 0 fully saturated rings. The van der Waals surface area contributed by atoms with Crippen molar-refractivity contribution in [2.45, 2.75) is 30.8 Å². The minimum Gasteiger partial charge on any atom is -0.367 e. The average Bonchev–Trinajstić information content (AvgIpc) is 2.68. The summed E-state index contributed by atoms with van der Waals surface area (Å²) in [5.41, 5.74) is 2.48. The topological polar surface area (TPSA) is 79.8 Å². The second-order valence-electron chi connectivity index (χ2n) is 6.62. The minimum atomic E-state index is -4.33. The van der Waals surface area contributed by atoms with Crippen molar-refractivity contribution in [3.05, 3.63) is 65.2 Å². The number of aliphatic imine (C=N–C) groups is 1. The molecule has 0 aliphatic heterocycles. The van der Waals surface area contributed by atoms with Gasteiger partial charge in [0.15, 0.2) is 15.8 Å². The Morgan fingerprint density at radius 3 is 1.83 bits per heavy atom. The number of hydrogen-bond donors (Lipinski definition) is 2. The van der Waals surface area contributed by atoms with Gasteiger partial charge in [-0.1, -0.05) is 36.4 Å². The van der Waals surface area contributed by atoms with Gasteiger partial charge < -0.3 is 15.4 Å². The number of guanidine groups is 1. The van der Waals surface area contributed by atoms with Crippen molar-refractivity contribution in [1.29, 1.82) is 0 Å². The fourth-order valence-electron chi connectivity index (χ4n) is 2.48. The lowest BCUT2D eigenvalue weighted by atomic mass is 10.1. The number of hydrogen-bond acceptors (Lipinski definition) is 4. The van der Waals surface area contributed by atoms with Crippen LogP contribution in [0.1, 0.15) is 16.7 Å². The maximum Gasteiger partial charge on any atom is 0.411 e. The van der Waals surface area contributed by atoms with E-state index in [1.54, 1.807) is 55.6 Å². The van der Waals surface area contributed by atoms with Crippen LogP contribution in [0.15, 0.2) is 58.4 Å². The van der Waals surface area contributed by atoms with E-state index in [1.165, 1.54) is 0 Å². The van der Waals surface area contributed by atoms with Crippen molar-refractivity contribution in [1.82, 2.24) is 10.6 Å². The Morgan fingerprint density at radius 1 is 0.933 bits per heavy atom. The van der Waals surface area contributed by atoms with E-state index in [1.807, 2.05) is 0 Å². The van der Waals surface area contributed by atoms with Gasteiger partial charge in [-0.2, -0.15) is 13.2 Å². The molecule has 0 saturated carbocycles. The minimum absolute atomic E-state index is 0.103. The summed E-state index contributed by atoms with van der Waals surface area (Å²) in [4.78, 5) is 4.39. The van der Waals surface area contributed by atoms with Gasteiger partial charge in [0.1, 0.15) is 6.61 Å². The van der Waals surface area contributed by atoms with E-state index in [0.717, 1.165) is 17.4 Å². The molecule has 0 aromatic heterocycles. The van der Waals surface area contributed by atoms with Crippen LogP contribution in [-0.2, 0) is 34.3 Å². The van der Waals surface area contributed by atoms with Crippen molar-refractivity contribution >= 4 is 15.8 Å². The number of nitrogens with zero attached hydrogens (tertiary/aromatic N) is 1. The van der Waals surface area contributed by atoms with E-state index in [2.05, 4.69) is 20.4 Å². The van der Waals surface area contributed by atoms with Gasteiger partial charge in [-0.3, -0.25) is 4.99 Å². The molecule has 0 aliphatic carbocycles. The monoisotopic (exact) mass is 443 g/mol. The lowest BCUT2D eigenvalue weighted by molar-refractivity contribution is -0.176. The van der Waals surface area contributed by atoms with Crippen LogP contribution in [0.2, 0.25) is 0 Å². The Labute approximate surface area is 174 Å². The van der Waals surface area contributed by atoms with Crippen molar-refractivity contribution in [3.8, 4) is 0 Å². The number of ether oxygens (including phenoxy) is 1. The van der Waals surface area contributed by atoms with Gasteiger partial charge >= 0.3 is 6.18 Å². The van der Waals surface area contributed by atoms with Gasteiger partial charge in [-0.15, -0.1) is 0 Å². The van der Waals surface area contributed by atoms with Crippen LogP contribution in [0.4, 0.5) is 13.2 Å². The molecule has 0 spiro atoms. The Hall–Kier alpha value is -2.59. The van der Waals surface area contributed by atoms with Gasteiger partial charge in [0, 0.05) is 26.4 Å². The summed E-state index contributed by atoms with van der Waals surface area (Å²) in [6.07, 6.45) is -3.17. The molecule has 2 rings (SSSR count). The Morgan fingerprint density at radius 2 is 1.40 bits per heavy atom. The highest BCUT2D eigenvalue weighted by atomic mass is 32.2. The molecule has 6 nitrogen and oxygen atoms in total. The van der Waals surface area contributed by atoms with Crippen molar-refractivity contribution in [2.75, 3.05) is 19.9 Å². The highest BCUT2D eigenvalue weighted by Crippen LogP contribution is 2.16. The number of nitrogens with one attached hydrogen (secondary N) is 2. The maximum atomic E-state index is 12.1. The Bertz CT molecular complexity index is 942. The van der Waals surface area contributed by atoms with Gasteiger partial charge in [0.25, 0.3) is 0 Å². The third kappa shape index (κ3) is 8.42. The molecule has 0 aliphatic rings. The number of benzene rings is 2. The summed E-state index contributed by atoms with van der Waals surface area (Å²) < 4.78 is 63.9. The van der Waals surface area contributed by atoms with Crippen LogP contribution in [0.5, 0.6) is 0 Å². The molecule has 0 heterocycles. The molecule has 0 atom stereocenters. The van der Waals surface area contributed by atoms with Gasteiger partial charge in [0.2, 0.25) is 0 Å². The highest BCUT2D eigenvalue weighted by molar-refractivity contribution is 7.90. The third-order valence-electron chi connectivity index (χ3n) is 4.05. The largest absolute Gasteiger partial charge is 0.411 e. The summed E-state index contributed by atoms with van der Waals surface area (Å²) in [7, 11) is -1.60. The second-order valence-corrected chi connectivity index (χ2v) is 8.64. The molecular weight excluding hydrogens is 419 g/mol. The molecule has 0 bridgehead atoms. The van der Waals surface area contributed by atoms with Crippen molar-refractivity contribution in [2.24, 2.45) is 4.99 Å². The SMILES string of the molecule is CN=C(NCc1ccc(COCC(F)(F)F)cc1)NCc1ccc(S(C)(=O)=O)cc1. The van der Waals surface area contributed by atoms with Crippen molar-refractivity contribution in [3.63, 3.8) is 0 Å². The van der Waals surface area contributed by atoms with E-state index in [4.69, 9.17) is 0 Å². The number of alkyl halides is 3. The smallest absolute Gasteiger partial charge is 0.367 e. The molecular formula is C20H24F3N3O3S. The first-order chi connectivity index (χ1) is 14.1. The molecule has 0 unspecified atom stereocenters. The molecule has 30 heavy (non-hydrogen) atoms. The molecule has 164 valence electrons. The lowest BCUT2D eigenvalue weighted by Gasteiger charge is -2.13. The van der Waals surface area contributed by atoms with Gasteiger partial charge in [-0.05, 0) is 28.8 Å². The molecule has 2 N–H and O–H groups in total. The second kappa shape index (κ2) is 10.4. The van der Waals surface area contributed by atoms with E-state index in [-0.39, 0.29) is 11.5 Å². The summed E-state index contributed by atoms with van der Waals surface area (Å²) >= 11 is 0. The fraction of sp³-hybridized carbons (Fsp3) is 0.350. The molecule has 10 heteroatoms. The maximum absolute atomic E-state index is 12.1. The number of sulfone groups is 1.